The van der Waals surface area contributed by atoms with Gasteiger partial charge in [0.15, 0.2) is 0 Å². The number of benzene rings is 3. The highest BCUT2D eigenvalue weighted by Crippen LogP contribution is 2.59. The molecule has 0 saturated carbocycles. The fourth-order valence-electron chi connectivity index (χ4n) is 5.83. The lowest BCUT2D eigenvalue weighted by Gasteiger charge is -2.35. The third kappa shape index (κ3) is 7.15. The minimum Gasteiger partial charge on any atom is -0.351 e. The minimum atomic E-state index is -5.79. The number of carbonyl (C=O) groups excluding carboxylic acids is 3. The Kier molecular flexibility index (Phi) is 9.41. The van der Waals surface area contributed by atoms with Crippen LogP contribution >= 0.6 is 7.60 Å². The van der Waals surface area contributed by atoms with Crippen LogP contribution in [0.15, 0.2) is 84.9 Å². The van der Waals surface area contributed by atoms with E-state index < -0.39 is 54.2 Å². The summed E-state index contributed by atoms with van der Waals surface area (Å²) in [5.74, 6) is -1.43. The van der Waals surface area contributed by atoms with Gasteiger partial charge in [-0.05, 0) is 47.6 Å². The quantitative estimate of drug-likeness (QED) is 0.150. The molecule has 5 N–H and O–H groups in total. The zero-order chi connectivity index (χ0) is 34.1. The molecule has 0 aliphatic carbocycles. The predicted octanol–water partition coefficient (Wildman–Crippen LogP) is 5.44. The molecule has 1 aromatic heterocycles. The first-order valence-electron chi connectivity index (χ1n) is 15.2. The van der Waals surface area contributed by atoms with Crippen molar-refractivity contribution in [2.24, 2.45) is 5.41 Å². The van der Waals surface area contributed by atoms with E-state index in [9.17, 15) is 27.7 Å². The van der Waals surface area contributed by atoms with Crippen molar-refractivity contribution >= 4 is 36.2 Å². The van der Waals surface area contributed by atoms with Gasteiger partial charge in [-0.1, -0.05) is 87.5 Å². The summed E-state index contributed by atoms with van der Waals surface area (Å²) >= 11 is 0. The minimum absolute atomic E-state index is 0.0389. The third-order valence-electron chi connectivity index (χ3n) is 8.36. The van der Waals surface area contributed by atoms with E-state index in [0.717, 1.165) is 23.3 Å². The number of aromatic amines is 1. The number of carbonyl (C=O) groups is 3. The molecule has 13 heteroatoms. The summed E-state index contributed by atoms with van der Waals surface area (Å²) in [6.45, 7) is 5.67. The lowest BCUT2D eigenvalue weighted by molar-refractivity contribution is -0.142. The molecule has 1 fully saturated rings. The van der Waals surface area contributed by atoms with Gasteiger partial charge in [0.05, 0.1) is 6.04 Å². The summed E-state index contributed by atoms with van der Waals surface area (Å²) in [5.41, 5.74) is -4.07. The van der Waals surface area contributed by atoms with Crippen LogP contribution in [0.1, 0.15) is 66.8 Å². The molecule has 3 aromatic carbocycles. The van der Waals surface area contributed by atoms with E-state index in [4.69, 9.17) is 9.79 Å². The molecule has 5 rings (SSSR count). The summed E-state index contributed by atoms with van der Waals surface area (Å²) in [7, 11) is -5.79. The van der Waals surface area contributed by atoms with Crippen LogP contribution in [0.4, 0.5) is 8.78 Å². The highest BCUT2D eigenvalue weighted by atomic mass is 31.2. The molecular formula is C34H37F2N4O6P. The van der Waals surface area contributed by atoms with Gasteiger partial charge in [0.2, 0.25) is 11.8 Å². The van der Waals surface area contributed by atoms with E-state index in [1.807, 2.05) is 60.7 Å². The van der Waals surface area contributed by atoms with Crippen LogP contribution in [0.25, 0.3) is 10.9 Å². The maximum Gasteiger partial charge on any atom is 0.399 e. The van der Waals surface area contributed by atoms with Gasteiger partial charge in [-0.3, -0.25) is 18.9 Å². The molecule has 1 aliphatic rings. The highest BCUT2D eigenvalue weighted by molar-refractivity contribution is 7.52. The second-order valence-corrected chi connectivity index (χ2v) is 14.4. The average molecular weight is 667 g/mol. The van der Waals surface area contributed by atoms with Gasteiger partial charge in [0.25, 0.3) is 5.91 Å². The van der Waals surface area contributed by atoms with E-state index in [-0.39, 0.29) is 22.5 Å². The van der Waals surface area contributed by atoms with Crippen molar-refractivity contribution in [3.05, 3.63) is 107 Å². The van der Waals surface area contributed by atoms with E-state index in [2.05, 4.69) is 15.6 Å². The molecule has 47 heavy (non-hydrogen) atoms. The number of rotatable bonds is 9. The van der Waals surface area contributed by atoms with Crippen LogP contribution in [-0.4, -0.2) is 56.0 Å². The van der Waals surface area contributed by atoms with Crippen LogP contribution < -0.4 is 10.6 Å². The summed E-state index contributed by atoms with van der Waals surface area (Å²) < 4.78 is 40.0. The number of nitrogens with one attached hydrogen (secondary N) is 3. The molecule has 2 unspecified atom stereocenters. The molecule has 0 spiro atoms. The lowest BCUT2D eigenvalue weighted by Crippen LogP contribution is -2.57. The number of hydrogen-bond acceptors (Lipinski definition) is 4. The Morgan fingerprint density at radius 2 is 1.51 bits per heavy atom. The summed E-state index contributed by atoms with van der Waals surface area (Å²) in [6, 6.07) is 21.0. The molecule has 2 heterocycles. The number of likely N-dealkylation sites (tertiary alicyclic amines) is 1. The molecule has 10 nitrogen and oxygen atoms in total. The van der Waals surface area contributed by atoms with E-state index in [0.29, 0.717) is 19.4 Å². The van der Waals surface area contributed by atoms with Gasteiger partial charge in [-0.25, -0.2) is 0 Å². The van der Waals surface area contributed by atoms with Crippen molar-refractivity contribution in [3.63, 3.8) is 0 Å². The maximum atomic E-state index is 14.3. The molecule has 0 bridgehead atoms. The van der Waals surface area contributed by atoms with Gasteiger partial charge in [-0.2, -0.15) is 8.78 Å². The normalized spacial score (nSPS) is 16.3. The van der Waals surface area contributed by atoms with Crippen molar-refractivity contribution in [3.8, 4) is 0 Å². The van der Waals surface area contributed by atoms with Crippen molar-refractivity contribution in [2.45, 2.75) is 57.4 Å². The summed E-state index contributed by atoms with van der Waals surface area (Å²) in [4.78, 5) is 63.9. The SMILES string of the molecule is CC(C)(C)C(NC(=O)c1cc2cc(C(F)(F)P(=O)(O)O)ccc2[nH]1)C(=O)N1CCCC1C(=O)NC(c1ccccc1)c1ccccc1. The Morgan fingerprint density at radius 3 is 2.06 bits per heavy atom. The summed E-state index contributed by atoms with van der Waals surface area (Å²) in [6.07, 6.45) is 1.04. The van der Waals surface area contributed by atoms with Crippen molar-refractivity contribution in [1.29, 1.82) is 0 Å². The Balaban J connectivity index is 1.36. The molecule has 0 radical (unpaired) electrons. The van der Waals surface area contributed by atoms with Crippen molar-refractivity contribution < 1.29 is 37.5 Å². The van der Waals surface area contributed by atoms with Crippen LogP contribution in [0, 0.1) is 5.41 Å². The zero-order valence-corrected chi connectivity index (χ0v) is 27.0. The van der Waals surface area contributed by atoms with Crippen molar-refractivity contribution in [1.82, 2.24) is 20.5 Å². The number of fused-ring (bicyclic) bond motifs is 1. The monoisotopic (exact) mass is 666 g/mol. The first kappa shape index (κ1) is 34.0. The van der Waals surface area contributed by atoms with Crippen LogP contribution in [0.5, 0.6) is 0 Å². The van der Waals surface area contributed by atoms with Gasteiger partial charge < -0.3 is 30.3 Å². The highest BCUT2D eigenvalue weighted by Gasteiger charge is 2.50. The maximum absolute atomic E-state index is 14.3. The first-order valence-corrected chi connectivity index (χ1v) is 16.8. The van der Waals surface area contributed by atoms with Crippen LogP contribution in [0.3, 0.4) is 0 Å². The van der Waals surface area contributed by atoms with Crippen LogP contribution in [0.2, 0.25) is 0 Å². The third-order valence-corrected chi connectivity index (χ3v) is 9.35. The molecular weight excluding hydrogens is 629 g/mol. The van der Waals surface area contributed by atoms with E-state index in [1.165, 1.54) is 17.0 Å². The fourth-order valence-corrected chi connectivity index (χ4v) is 6.30. The van der Waals surface area contributed by atoms with Gasteiger partial charge >= 0.3 is 13.3 Å². The zero-order valence-electron chi connectivity index (χ0n) is 26.1. The van der Waals surface area contributed by atoms with Gasteiger partial charge in [-0.15, -0.1) is 0 Å². The second kappa shape index (κ2) is 13.0. The number of hydrogen-bond donors (Lipinski definition) is 5. The second-order valence-electron chi connectivity index (χ2n) is 12.8. The Morgan fingerprint density at radius 1 is 0.915 bits per heavy atom. The molecule has 4 aromatic rings. The summed E-state index contributed by atoms with van der Waals surface area (Å²) in [5, 5.41) is 6.03. The topological polar surface area (TPSA) is 152 Å². The fraction of sp³-hybridized carbons (Fsp3) is 0.324. The first-order chi connectivity index (χ1) is 22.1. The standard InChI is InChI=1S/C34H37F2N4O6P/c1-33(2,3)29(39-30(41)26-20-23-19-24(16-17-25(23)37-26)34(35,36)47(44,45)46)32(43)40-18-10-15-27(40)31(42)38-28(21-11-6-4-7-12-21)22-13-8-5-9-14-22/h4-9,11-14,16-17,19-20,27-29,37H,10,15,18H2,1-3H3,(H,38,42)(H,39,41)(H2,44,45,46). The number of aromatic nitrogens is 1. The smallest absolute Gasteiger partial charge is 0.351 e. The number of alkyl halides is 2. The molecule has 1 saturated heterocycles. The average Bonchev–Trinajstić information content (AvgIpc) is 3.69. The lowest BCUT2D eigenvalue weighted by atomic mass is 9.85. The Hall–Kier alpha value is -4.38. The molecule has 3 amide bonds. The Bertz CT molecular complexity index is 1780. The number of nitrogens with zero attached hydrogens (tertiary/aromatic N) is 1. The number of halogens is 2. The van der Waals surface area contributed by atoms with E-state index in [1.54, 1.807) is 20.8 Å². The van der Waals surface area contributed by atoms with Gasteiger partial charge in [0, 0.05) is 23.0 Å². The largest absolute Gasteiger partial charge is 0.399 e. The number of amides is 3. The Labute approximate surface area is 270 Å². The van der Waals surface area contributed by atoms with Crippen molar-refractivity contribution in [2.75, 3.05) is 6.54 Å². The van der Waals surface area contributed by atoms with E-state index >= 15 is 0 Å². The molecule has 248 valence electrons. The van der Waals surface area contributed by atoms with Crippen LogP contribution in [-0.2, 0) is 19.8 Å². The molecule has 2 atom stereocenters. The molecule has 1 aliphatic heterocycles. The predicted molar refractivity (Wildman–Crippen MR) is 173 cm³/mol. The van der Waals surface area contributed by atoms with Gasteiger partial charge in [0.1, 0.15) is 17.8 Å². The number of H-pyrrole nitrogens is 1.